The van der Waals surface area contributed by atoms with Gasteiger partial charge in [-0.15, -0.1) is 0 Å². The second kappa shape index (κ2) is 6.35. The SMILES string of the molecule is COC(=O)C1=C(Nc2ccc(F)c(Cl)c2)C(=O)OC12C(=O)Nc1ccccc12. The molecule has 0 saturated carbocycles. The number of carbonyl (C=O) groups is 3. The number of amides is 1. The smallest absolute Gasteiger partial charge is 0.357 e. The highest BCUT2D eigenvalue weighted by Gasteiger charge is 2.62. The van der Waals surface area contributed by atoms with Crippen molar-refractivity contribution in [2.45, 2.75) is 5.60 Å². The number of hydrogen-bond donors (Lipinski definition) is 2. The topological polar surface area (TPSA) is 93.7 Å². The zero-order valence-electron chi connectivity index (χ0n) is 14.3. The second-order valence-corrected chi connectivity index (χ2v) is 6.47. The lowest BCUT2D eigenvalue weighted by Gasteiger charge is -2.22. The van der Waals surface area contributed by atoms with Crippen LogP contribution in [0.2, 0.25) is 5.02 Å². The summed E-state index contributed by atoms with van der Waals surface area (Å²) in [7, 11) is 1.12. The van der Waals surface area contributed by atoms with Crippen LogP contribution in [0.3, 0.4) is 0 Å². The van der Waals surface area contributed by atoms with Crippen LogP contribution in [-0.2, 0) is 29.5 Å². The van der Waals surface area contributed by atoms with Gasteiger partial charge in [-0.05, 0) is 24.3 Å². The van der Waals surface area contributed by atoms with E-state index in [1.165, 1.54) is 12.1 Å². The monoisotopic (exact) mass is 402 g/mol. The Morgan fingerprint density at radius 1 is 1.25 bits per heavy atom. The number of nitrogens with one attached hydrogen (secondary N) is 2. The predicted octanol–water partition coefficient (Wildman–Crippen LogP) is 2.72. The molecule has 142 valence electrons. The summed E-state index contributed by atoms with van der Waals surface area (Å²) >= 11 is 5.77. The van der Waals surface area contributed by atoms with Crippen molar-refractivity contribution in [2.75, 3.05) is 17.7 Å². The lowest BCUT2D eigenvalue weighted by Crippen LogP contribution is -2.39. The summed E-state index contributed by atoms with van der Waals surface area (Å²) in [6.07, 6.45) is 0. The minimum Gasteiger partial charge on any atom is -0.465 e. The van der Waals surface area contributed by atoms with Gasteiger partial charge in [-0.25, -0.2) is 14.0 Å². The number of fused-ring (bicyclic) bond motifs is 2. The molecular formula is C19H12ClFN2O5. The summed E-state index contributed by atoms with van der Waals surface area (Å²) in [6.45, 7) is 0. The Labute approximate surface area is 163 Å². The summed E-state index contributed by atoms with van der Waals surface area (Å²) < 4.78 is 23.7. The maximum absolute atomic E-state index is 13.4. The standard InChI is InChI=1S/C19H12ClFN2O5/c1-27-16(24)14-15(22-9-6-7-12(21)11(20)8-9)17(25)28-19(14)10-4-2-3-5-13(10)23-18(19)26/h2-8,22H,1H3,(H,23,26). The van der Waals surface area contributed by atoms with Crippen LogP contribution >= 0.6 is 11.6 Å². The Kier molecular flexibility index (Phi) is 4.08. The van der Waals surface area contributed by atoms with Crippen molar-refractivity contribution in [1.29, 1.82) is 0 Å². The third-order valence-corrected chi connectivity index (χ3v) is 4.79. The molecule has 9 heteroatoms. The largest absolute Gasteiger partial charge is 0.465 e. The van der Waals surface area contributed by atoms with Gasteiger partial charge in [0.15, 0.2) is 0 Å². The first-order valence-electron chi connectivity index (χ1n) is 8.08. The Bertz CT molecular complexity index is 1080. The third kappa shape index (κ3) is 2.45. The van der Waals surface area contributed by atoms with Gasteiger partial charge in [-0.1, -0.05) is 29.8 Å². The van der Waals surface area contributed by atoms with E-state index in [1.807, 2.05) is 0 Å². The number of carbonyl (C=O) groups excluding carboxylic acids is 3. The van der Waals surface area contributed by atoms with Crippen molar-refractivity contribution in [1.82, 2.24) is 0 Å². The van der Waals surface area contributed by atoms with Crippen LogP contribution in [0, 0.1) is 5.82 Å². The molecule has 1 spiro atoms. The van der Waals surface area contributed by atoms with Crippen LogP contribution in [0.1, 0.15) is 5.56 Å². The molecule has 2 heterocycles. The molecule has 2 aromatic carbocycles. The average Bonchev–Trinajstić information content (AvgIpc) is 3.12. The van der Waals surface area contributed by atoms with E-state index in [2.05, 4.69) is 10.6 Å². The van der Waals surface area contributed by atoms with Crippen molar-refractivity contribution in [2.24, 2.45) is 0 Å². The van der Waals surface area contributed by atoms with Crippen molar-refractivity contribution >= 4 is 40.8 Å². The number of esters is 2. The molecule has 2 N–H and O–H groups in total. The molecule has 0 bridgehead atoms. The van der Waals surface area contributed by atoms with Gasteiger partial charge >= 0.3 is 11.9 Å². The maximum Gasteiger partial charge on any atom is 0.357 e. The minimum absolute atomic E-state index is 0.185. The van der Waals surface area contributed by atoms with Gasteiger partial charge in [-0.3, -0.25) is 4.79 Å². The normalized spacial score (nSPS) is 20.1. The molecule has 2 aliphatic rings. The van der Waals surface area contributed by atoms with E-state index >= 15 is 0 Å². The fraction of sp³-hybridized carbons (Fsp3) is 0.105. The highest BCUT2D eigenvalue weighted by molar-refractivity contribution is 6.31. The van der Waals surface area contributed by atoms with E-state index in [1.54, 1.807) is 24.3 Å². The quantitative estimate of drug-likeness (QED) is 0.767. The number of halogens is 2. The predicted molar refractivity (Wildman–Crippen MR) is 96.9 cm³/mol. The highest BCUT2D eigenvalue weighted by atomic mass is 35.5. The molecule has 2 aromatic rings. The molecule has 0 fully saturated rings. The molecule has 2 aliphatic heterocycles. The van der Waals surface area contributed by atoms with E-state index < -0.39 is 29.3 Å². The number of para-hydroxylation sites is 1. The van der Waals surface area contributed by atoms with Crippen LogP contribution < -0.4 is 10.6 Å². The second-order valence-electron chi connectivity index (χ2n) is 6.07. The van der Waals surface area contributed by atoms with Crippen molar-refractivity contribution in [3.63, 3.8) is 0 Å². The van der Waals surface area contributed by atoms with E-state index in [9.17, 15) is 18.8 Å². The van der Waals surface area contributed by atoms with Gasteiger partial charge in [0.25, 0.3) is 11.5 Å². The fourth-order valence-corrected chi connectivity index (χ4v) is 3.46. The Hall–Kier alpha value is -3.39. The first-order chi connectivity index (χ1) is 13.4. The number of anilines is 2. The van der Waals surface area contributed by atoms with Gasteiger partial charge in [-0.2, -0.15) is 0 Å². The number of ether oxygens (including phenoxy) is 2. The van der Waals surface area contributed by atoms with Gasteiger partial charge in [0.05, 0.1) is 12.1 Å². The zero-order chi connectivity index (χ0) is 20.1. The molecule has 0 radical (unpaired) electrons. The Balaban J connectivity index is 1.90. The summed E-state index contributed by atoms with van der Waals surface area (Å²) in [5.74, 6) is -3.21. The van der Waals surface area contributed by atoms with E-state index in [0.29, 0.717) is 11.3 Å². The van der Waals surface area contributed by atoms with Crippen molar-refractivity contribution in [3.05, 3.63) is 70.1 Å². The Morgan fingerprint density at radius 3 is 2.71 bits per heavy atom. The number of hydrogen-bond acceptors (Lipinski definition) is 6. The van der Waals surface area contributed by atoms with Crippen LogP contribution in [0.5, 0.6) is 0 Å². The van der Waals surface area contributed by atoms with Gasteiger partial charge in [0.2, 0.25) is 0 Å². The van der Waals surface area contributed by atoms with E-state index in [0.717, 1.165) is 13.2 Å². The van der Waals surface area contributed by atoms with Crippen LogP contribution in [0.15, 0.2) is 53.7 Å². The third-order valence-electron chi connectivity index (χ3n) is 4.50. The first-order valence-corrected chi connectivity index (χ1v) is 8.45. The lowest BCUT2D eigenvalue weighted by atomic mass is 9.87. The number of benzene rings is 2. The molecule has 0 saturated heterocycles. The first kappa shape index (κ1) is 18.0. The van der Waals surface area contributed by atoms with Gasteiger partial charge in [0, 0.05) is 16.9 Å². The number of methoxy groups -OCH3 is 1. The van der Waals surface area contributed by atoms with Crippen LogP contribution in [0.25, 0.3) is 0 Å². The van der Waals surface area contributed by atoms with E-state index in [-0.39, 0.29) is 22.0 Å². The molecule has 0 aliphatic carbocycles. The van der Waals surface area contributed by atoms with Gasteiger partial charge in [0.1, 0.15) is 17.1 Å². The molecule has 28 heavy (non-hydrogen) atoms. The van der Waals surface area contributed by atoms with E-state index in [4.69, 9.17) is 21.1 Å². The molecule has 0 aromatic heterocycles. The van der Waals surface area contributed by atoms with Crippen LogP contribution in [0.4, 0.5) is 15.8 Å². The van der Waals surface area contributed by atoms with Crippen LogP contribution in [-0.4, -0.2) is 25.0 Å². The number of rotatable bonds is 3. The average molecular weight is 403 g/mol. The van der Waals surface area contributed by atoms with Gasteiger partial charge < -0.3 is 20.1 Å². The highest BCUT2D eigenvalue weighted by Crippen LogP contribution is 2.49. The molecule has 1 atom stereocenters. The minimum atomic E-state index is -1.98. The molecule has 1 amide bonds. The summed E-state index contributed by atoms with van der Waals surface area (Å²) in [4.78, 5) is 38.0. The summed E-state index contributed by atoms with van der Waals surface area (Å²) in [5.41, 5.74) is -1.63. The molecule has 7 nitrogen and oxygen atoms in total. The lowest BCUT2D eigenvalue weighted by molar-refractivity contribution is -0.156. The maximum atomic E-state index is 13.4. The van der Waals surface area contributed by atoms with Crippen molar-refractivity contribution in [3.8, 4) is 0 Å². The summed E-state index contributed by atoms with van der Waals surface area (Å²) in [5, 5.41) is 5.12. The molecular weight excluding hydrogens is 391 g/mol. The Morgan fingerprint density at radius 2 is 2.00 bits per heavy atom. The van der Waals surface area contributed by atoms with Crippen molar-refractivity contribution < 1.29 is 28.2 Å². The summed E-state index contributed by atoms with van der Waals surface area (Å²) in [6, 6.07) is 10.2. The molecule has 1 unspecified atom stereocenters. The zero-order valence-corrected chi connectivity index (χ0v) is 15.1. The fourth-order valence-electron chi connectivity index (χ4n) is 3.28. The molecule has 4 rings (SSSR count).